The van der Waals surface area contributed by atoms with Crippen molar-refractivity contribution in [3.63, 3.8) is 0 Å². The lowest BCUT2D eigenvalue weighted by Gasteiger charge is -2.16. The SMILES string of the molecule is C=C(N)c1cc2c(Oc3ccc(Nc4c(Nc5cccnc5)c(=O)c4=O)c(Cl)c3)ccnc2cc1CC. The van der Waals surface area contributed by atoms with E-state index in [2.05, 4.69) is 27.2 Å². The molecule has 0 unspecified atom stereocenters. The first kappa shape index (κ1) is 24.0. The van der Waals surface area contributed by atoms with Crippen molar-refractivity contribution in [2.24, 2.45) is 5.73 Å². The van der Waals surface area contributed by atoms with Crippen LogP contribution < -0.4 is 32.0 Å². The van der Waals surface area contributed by atoms with E-state index >= 15 is 0 Å². The van der Waals surface area contributed by atoms with Crippen LogP contribution >= 0.6 is 11.6 Å². The summed E-state index contributed by atoms with van der Waals surface area (Å²) in [6.07, 6.45) is 5.63. The van der Waals surface area contributed by atoms with E-state index in [1.54, 1.807) is 55.0 Å². The van der Waals surface area contributed by atoms with Crippen molar-refractivity contribution in [3.8, 4) is 11.5 Å². The van der Waals surface area contributed by atoms with Crippen LogP contribution in [0.3, 0.4) is 0 Å². The number of pyridine rings is 2. The van der Waals surface area contributed by atoms with E-state index in [-0.39, 0.29) is 11.4 Å². The molecule has 0 spiro atoms. The fraction of sp³-hybridized carbons (Fsp3) is 0.0714. The standard InChI is InChI=1S/C28H22ClN5O3/c1-3-16-11-23-20(13-19(16)15(2)30)24(8-10-32-23)37-18-6-7-22(21(29)12-18)34-26-25(27(35)28(26)36)33-17-5-4-9-31-14-17/h4-14,33-34H,2-3,30H2,1H3. The lowest BCUT2D eigenvalue weighted by Crippen LogP contribution is -2.35. The molecule has 4 N–H and O–H groups in total. The Morgan fingerprint density at radius 1 is 1.05 bits per heavy atom. The molecule has 37 heavy (non-hydrogen) atoms. The molecular formula is C28H22ClN5O3. The van der Waals surface area contributed by atoms with Gasteiger partial charge in [-0.1, -0.05) is 25.1 Å². The molecule has 0 bridgehead atoms. The van der Waals surface area contributed by atoms with Crippen LogP contribution in [-0.2, 0) is 6.42 Å². The van der Waals surface area contributed by atoms with Gasteiger partial charge in [0.2, 0.25) is 0 Å². The van der Waals surface area contributed by atoms with Crippen molar-refractivity contribution in [1.29, 1.82) is 0 Å². The second-order valence-corrected chi connectivity index (χ2v) is 8.77. The van der Waals surface area contributed by atoms with Gasteiger partial charge in [0.25, 0.3) is 10.9 Å². The van der Waals surface area contributed by atoms with Gasteiger partial charge in [-0.25, -0.2) is 0 Å². The lowest BCUT2D eigenvalue weighted by molar-refractivity contribution is 0.488. The quantitative estimate of drug-likeness (QED) is 0.229. The van der Waals surface area contributed by atoms with Crippen LogP contribution in [0, 0.1) is 0 Å². The third kappa shape index (κ3) is 4.62. The first-order chi connectivity index (χ1) is 17.9. The van der Waals surface area contributed by atoms with Crippen LogP contribution in [-0.4, -0.2) is 9.97 Å². The highest BCUT2D eigenvalue weighted by Gasteiger charge is 2.22. The molecule has 5 rings (SSSR count). The van der Waals surface area contributed by atoms with Crippen molar-refractivity contribution >= 4 is 51.0 Å². The maximum atomic E-state index is 12.2. The Hall–Kier alpha value is -4.69. The van der Waals surface area contributed by atoms with Crippen LogP contribution in [0.15, 0.2) is 83.3 Å². The Bertz CT molecular complexity index is 1730. The van der Waals surface area contributed by atoms with Gasteiger partial charge in [0.15, 0.2) is 0 Å². The van der Waals surface area contributed by atoms with E-state index in [4.69, 9.17) is 22.1 Å². The van der Waals surface area contributed by atoms with Crippen molar-refractivity contribution in [2.45, 2.75) is 13.3 Å². The van der Waals surface area contributed by atoms with Gasteiger partial charge in [0, 0.05) is 35.1 Å². The lowest BCUT2D eigenvalue weighted by atomic mass is 9.99. The Morgan fingerprint density at radius 3 is 2.51 bits per heavy atom. The molecule has 0 saturated heterocycles. The molecule has 184 valence electrons. The minimum atomic E-state index is -0.630. The maximum Gasteiger partial charge on any atom is 0.253 e. The molecule has 5 aromatic rings. The molecule has 0 aliphatic carbocycles. The summed E-state index contributed by atoms with van der Waals surface area (Å²) < 4.78 is 6.14. The highest BCUT2D eigenvalue weighted by atomic mass is 35.5. The minimum Gasteiger partial charge on any atom is -0.457 e. The van der Waals surface area contributed by atoms with Gasteiger partial charge in [0.1, 0.15) is 22.9 Å². The highest BCUT2D eigenvalue weighted by molar-refractivity contribution is 6.33. The topological polar surface area (TPSA) is 119 Å². The number of benzene rings is 2. The molecule has 2 heterocycles. The number of hydrogen-bond acceptors (Lipinski definition) is 8. The number of ether oxygens (including phenoxy) is 1. The van der Waals surface area contributed by atoms with Gasteiger partial charge in [-0.2, -0.15) is 0 Å². The largest absolute Gasteiger partial charge is 0.457 e. The molecule has 0 radical (unpaired) electrons. The summed E-state index contributed by atoms with van der Waals surface area (Å²) in [7, 11) is 0. The normalized spacial score (nSPS) is 11.0. The third-order valence-corrected chi connectivity index (χ3v) is 6.24. The number of aromatic nitrogens is 2. The summed E-state index contributed by atoms with van der Waals surface area (Å²) in [6, 6.07) is 14.1. The van der Waals surface area contributed by atoms with Gasteiger partial charge in [-0.3, -0.25) is 19.6 Å². The van der Waals surface area contributed by atoms with E-state index in [1.165, 1.54) is 0 Å². The zero-order valence-electron chi connectivity index (χ0n) is 19.8. The molecule has 0 aliphatic heterocycles. The second-order valence-electron chi connectivity index (χ2n) is 8.36. The van der Waals surface area contributed by atoms with Crippen LogP contribution in [0.25, 0.3) is 16.6 Å². The van der Waals surface area contributed by atoms with E-state index < -0.39 is 10.9 Å². The molecule has 0 atom stereocenters. The second kappa shape index (κ2) is 9.75. The van der Waals surface area contributed by atoms with Crippen molar-refractivity contribution < 1.29 is 4.74 Å². The highest BCUT2D eigenvalue weighted by Crippen LogP contribution is 2.36. The summed E-state index contributed by atoms with van der Waals surface area (Å²) in [5, 5.41) is 6.97. The minimum absolute atomic E-state index is 0.130. The number of nitrogens with zero attached hydrogens (tertiary/aromatic N) is 2. The zero-order chi connectivity index (χ0) is 26.1. The van der Waals surface area contributed by atoms with E-state index in [1.807, 2.05) is 19.1 Å². The summed E-state index contributed by atoms with van der Waals surface area (Å²) in [5.41, 5.74) is 9.25. The molecular weight excluding hydrogens is 490 g/mol. The number of nitrogens with one attached hydrogen (secondary N) is 2. The van der Waals surface area contributed by atoms with E-state index in [9.17, 15) is 9.59 Å². The predicted molar refractivity (Wildman–Crippen MR) is 148 cm³/mol. The smallest absolute Gasteiger partial charge is 0.253 e. The molecule has 3 aromatic carbocycles. The Balaban J connectivity index is 1.41. The van der Waals surface area contributed by atoms with Crippen LogP contribution in [0.5, 0.6) is 11.5 Å². The summed E-state index contributed by atoms with van der Waals surface area (Å²) >= 11 is 6.51. The van der Waals surface area contributed by atoms with Gasteiger partial charge < -0.3 is 21.1 Å². The van der Waals surface area contributed by atoms with Gasteiger partial charge in [-0.15, -0.1) is 0 Å². The Kier molecular flexibility index (Phi) is 6.33. The predicted octanol–water partition coefficient (Wildman–Crippen LogP) is 5.65. The first-order valence-electron chi connectivity index (χ1n) is 11.5. The Labute approximate surface area is 217 Å². The monoisotopic (exact) mass is 511 g/mol. The summed E-state index contributed by atoms with van der Waals surface area (Å²) in [6.45, 7) is 5.93. The van der Waals surface area contributed by atoms with Crippen LogP contribution in [0.1, 0.15) is 18.1 Å². The Morgan fingerprint density at radius 2 is 1.84 bits per heavy atom. The zero-order valence-corrected chi connectivity index (χ0v) is 20.6. The summed E-state index contributed by atoms with van der Waals surface area (Å²) in [5.74, 6) is 1.06. The van der Waals surface area contributed by atoms with Crippen LogP contribution in [0.2, 0.25) is 5.02 Å². The fourth-order valence-electron chi connectivity index (χ4n) is 4.02. The van der Waals surface area contributed by atoms with Gasteiger partial charge in [-0.05, 0) is 54.4 Å². The number of aryl methyl sites for hydroxylation is 1. The molecule has 2 aromatic heterocycles. The number of hydrogen-bond donors (Lipinski definition) is 3. The van der Waals surface area contributed by atoms with Crippen LogP contribution in [0.4, 0.5) is 22.7 Å². The first-order valence-corrected chi connectivity index (χ1v) is 11.8. The number of halogens is 1. The molecule has 0 amide bonds. The number of fused-ring (bicyclic) bond motifs is 1. The molecule has 0 saturated carbocycles. The number of anilines is 4. The molecule has 8 nitrogen and oxygen atoms in total. The van der Waals surface area contributed by atoms with Gasteiger partial charge in [0.05, 0.1) is 28.1 Å². The van der Waals surface area contributed by atoms with Gasteiger partial charge >= 0.3 is 0 Å². The number of rotatable bonds is 8. The van der Waals surface area contributed by atoms with E-state index in [0.29, 0.717) is 33.6 Å². The number of nitrogens with two attached hydrogens (primary N) is 1. The third-order valence-electron chi connectivity index (χ3n) is 5.92. The fourth-order valence-corrected chi connectivity index (χ4v) is 4.24. The molecule has 0 fully saturated rings. The average Bonchev–Trinajstić information content (AvgIpc) is 2.91. The van der Waals surface area contributed by atoms with Crippen molar-refractivity contribution in [3.05, 3.63) is 110 Å². The molecule has 0 aliphatic rings. The van der Waals surface area contributed by atoms with E-state index in [0.717, 1.165) is 28.5 Å². The van der Waals surface area contributed by atoms with Crippen molar-refractivity contribution in [1.82, 2.24) is 9.97 Å². The van der Waals surface area contributed by atoms with Crippen molar-refractivity contribution in [2.75, 3.05) is 10.6 Å². The maximum absolute atomic E-state index is 12.2. The summed E-state index contributed by atoms with van der Waals surface area (Å²) in [4.78, 5) is 32.8. The molecule has 9 heteroatoms. The average molecular weight is 512 g/mol.